The number of carbonyl (C=O) groups is 1. The van der Waals surface area contributed by atoms with Crippen molar-refractivity contribution in [1.82, 2.24) is 9.97 Å². The van der Waals surface area contributed by atoms with Crippen LogP contribution >= 0.6 is 23.4 Å². The topological polar surface area (TPSA) is 42.9 Å². The molecule has 0 amide bonds. The summed E-state index contributed by atoms with van der Waals surface area (Å²) < 4.78 is 0. The predicted molar refractivity (Wildman–Crippen MR) is 53.4 cm³/mol. The molecule has 0 unspecified atom stereocenters. The highest BCUT2D eigenvalue weighted by Crippen LogP contribution is 2.14. The first-order chi connectivity index (χ1) is 6.19. The van der Waals surface area contributed by atoms with Crippen LogP contribution < -0.4 is 0 Å². The SMILES string of the molecule is CCc1nc(SC)ncc1C(=O)Cl. The third kappa shape index (κ3) is 2.42. The van der Waals surface area contributed by atoms with Crippen LogP contribution in [-0.2, 0) is 6.42 Å². The molecule has 0 spiro atoms. The lowest BCUT2D eigenvalue weighted by Gasteiger charge is -2.02. The summed E-state index contributed by atoms with van der Waals surface area (Å²) in [4.78, 5) is 19.1. The molecule has 0 saturated carbocycles. The standard InChI is InChI=1S/C8H9ClN2OS/c1-3-6-5(7(9)12)4-10-8(11-6)13-2/h4H,3H2,1-2H3. The van der Waals surface area contributed by atoms with Crippen LogP contribution in [0.1, 0.15) is 23.0 Å². The molecule has 1 aromatic rings. The fraction of sp³-hybridized carbons (Fsp3) is 0.375. The summed E-state index contributed by atoms with van der Waals surface area (Å²) in [5.41, 5.74) is 1.11. The highest BCUT2D eigenvalue weighted by atomic mass is 35.5. The average molecular weight is 217 g/mol. The number of aryl methyl sites for hydroxylation is 1. The van der Waals surface area contributed by atoms with Crippen molar-refractivity contribution in [3.05, 3.63) is 17.5 Å². The third-order valence-electron chi connectivity index (χ3n) is 1.57. The zero-order valence-electron chi connectivity index (χ0n) is 7.37. The van der Waals surface area contributed by atoms with Crippen molar-refractivity contribution in [2.24, 2.45) is 0 Å². The molecule has 5 heteroatoms. The van der Waals surface area contributed by atoms with Gasteiger partial charge in [0.2, 0.25) is 0 Å². The van der Waals surface area contributed by atoms with E-state index in [9.17, 15) is 4.79 Å². The highest BCUT2D eigenvalue weighted by Gasteiger charge is 2.10. The molecule has 0 aliphatic rings. The largest absolute Gasteiger partial charge is 0.275 e. The maximum Gasteiger partial charge on any atom is 0.255 e. The fourth-order valence-corrected chi connectivity index (χ4v) is 1.45. The van der Waals surface area contributed by atoms with E-state index < -0.39 is 5.24 Å². The molecule has 0 aliphatic carbocycles. The lowest BCUT2D eigenvalue weighted by Crippen LogP contribution is -2.02. The zero-order chi connectivity index (χ0) is 9.84. The third-order valence-corrected chi connectivity index (χ3v) is 2.34. The van der Waals surface area contributed by atoms with Crippen molar-refractivity contribution in [2.45, 2.75) is 18.5 Å². The number of halogens is 1. The Kier molecular flexibility index (Phi) is 3.69. The van der Waals surface area contributed by atoms with E-state index in [1.165, 1.54) is 18.0 Å². The van der Waals surface area contributed by atoms with Gasteiger partial charge in [-0.25, -0.2) is 9.97 Å². The van der Waals surface area contributed by atoms with Crippen molar-refractivity contribution in [3.63, 3.8) is 0 Å². The van der Waals surface area contributed by atoms with Crippen molar-refractivity contribution in [1.29, 1.82) is 0 Å². The Balaban J connectivity index is 3.15. The summed E-state index contributed by atoms with van der Waals surface area (Å²) in [6, 6.07) is 0. The van der Waals surface area contributed by atoms with Gasteiger partial charge in [-0.05, 0) is 24.3 Å². The predicted octanol–water partition coefficient (Wildman–Crippen LogP) is 2.14. The van der Waals surface area contributed by atoms with Gasteiger partial charge in [-0.1, -0.05) is 18.7 Å². The maximum atomic E-state index is 10.9. The Hall–Kier alpha value is -0.610. The number of rotatable bonds is 3. The zero-order valence-corrected chi connectivity index (χ0v) is 8.95. The molecule has 1 aromatic heterocycles. The van der Waals surface area contributed by atoms with E-state index in [2.05, 4.69) is 9.97 Å². The second kappa shape index (κ2) is 4.58. The summed E-state index contributed by atoms with van der Waals surface area (Å²) in [7, 11) is 0. The van der Waals surface area contributed by atoms with E-state index in [1.54, 1.807) is 0 Å². The van der Waals surface area contributed by atoms with Crippen LogP contribution in [0, 0.1) is 0 Å². The number of thioether (sulfide) groups is 1. The first-order valence-electron chi connectivity index (χ1n) is 3.78. The summed E-state index contributed by atoms with van der Waals surface area (Å²) in [6.07, 6.45) is 4.05. The Morgan fingerprint density at radius 2 is 2.38 bits per heavy atom. The van der Waals surface area contributed by atoms with Gasteiger partial charge in [0.1, 0.15) is 0 Å². The van der Waals surface area contributed by atoms with E-state index in [4.69, 9.17) is 11.6 Å². The minimum atomic E-state index is -0.496. The Morgan fingerprint density at radius 1 is 1.69 bits per heavy atom. The second-order valence-corrected chi connectivity index (χ2v) is 3.46. The molecule has 0 aromatic carbocycles. The fourth-order valence-electron chi connectivity index (χ4n) is 0.931. The molecule has 70 valence electrons. The molecule has 0 N–H and O–H groups in total. The molecule has 0 radical (unpaired) electrons. The summed E-state index contributed by atoms with van der Waals surface area (Å²) in [5, 5.41) is 0.169. The minimum Gasteiger partial charge on any atom is -0.275 e. The van der Waals surface area contributed by atoms with Crippen molar-refractivity contribution >= 4 is 28.6 Å². The number of nitrogens with zero attached hydrogens (tertiary/aromatic N) is 2. The Bertz CT molecular complexity index is 330. The maximum absolute atomic E-state index is 10.9. The van der Waals surface area contributed by atoms with Crippen LogP contribution in [0.25, 0.3) is 0 Å². The lowest BCUT2D eigenvalue weighted by molar-refractivity contribution is 0.107. The lowest BCUT2D eigenvalue weighted by atomic mass is 10.2. The van der Waals surface area contributed by atoms with Crippen LogP contribution in [0.5, 0.6) is 0 Å². The molecule has 0 bridgehead atoms. The minimum absolute atomic E-state index is 0.405. The van der Waals surface area contributed by atoms with Crippen LogP contribution in [-0.4, -0.2) is 21.5 Å². The van der Waals surface area contributed by atoms with Crippen molar-refractivity contribution in [2.75, 3.05) is 6.26 Å². The molecule has 0 aliphatic heterocycles. The number of carbonyl (C=O) groups excluding carboxylic acids is 1. The van der Waals surface area contributed by atoms with Crippen molar-refractivity contribution < 1.29 is 4.79 Å². The molecule has 1 rings (SSSR count). The first kappa shape index (κ1) is 10.5. The molecule has 0 atom stereocenters. The van der Waals surface area contributed by atoms with Gasteiger partial charge in [0.05, 0.1) is 11.3 Å². The monoisotopic (exact) mass is 216 g/mol. The van der Waals surface area contributed by atoms with Gasteiger partial charge in [-0.15, -0.1) is 0 Å². The van der Waals surface area contributed by atoms with Crippen LogP contribution in [0.3, 0.4) is 0 Å². The average Bonchev–Trinajstić information content (AvgIpc) is 2.16. The van der Waals surface area contributed by atoms with Gasteiger partial charge < -0.3 is 0 Å². The van der Waals surface area contributed by atoms with E-state index >= 15 is 0 Å². The van der Waals surface area contributed by atoms with Crippen molar-refractivity contribution in [3.8, 4) is 0 Å². The van der Waals surface area contributed by atoms with Gasteiger partial charge >= 0.3 is 0 Å². The van der Waals surface area contributed by atoms with E-state index in [-0.39, 0.29) is 0 Å². The van der Waals surface area contributed by atoms with Gasteiger partial charge in [0, 0.05) is 6.20 Å². The smallest absolute Gasteiger partial charge is 0.255 e. The van der Waals surface area contributed by atoms with E-state index in [0.29, 0.717) is 22.8 Å². The summed E-state index contributed by atoms with van der Waals surface area (Å²) in [6.45, 7) is 1.93. The van der Waals surface area contributed by atoms with E-state index in [0.717, 1.165) is 0 Å². The summed E-state index contributed by atoms with van der Waals surface area (Å²) >= 11 is 6.80. The van der Waals surface area contributed by atoms with Crippen LogP contribution in [0.4, 0.5) is 0 Å². The first-order valence-corrected chi connectivity index (χ1v) is 5.39. The molecular formula is C8H9ClN2OS. The van der Waals surface area contributed by atoms with Gasteiger partial charge in [0.25, 0.3) is 5.24 Å². The van der Waals surface area contributed by atoms with E-state index in [1.807, 2.05) is 13.2 Å². The molecule has 1 heterocycles. The Labute approximate surface area is 85.9 Å². The van der Waals surface area contributed by atoms with Crippen LogP contribution in [0.15, 0.2) is 11.4 Å². The second-order valence-electron chi connectivity index (χ2n) is 2.34. The van der Waals surface area contributed by atoms with Crippen LogP contribution in [0.2, 0.25) is 0 Å². The molecular weight excluding hydrogens is 208 g/mol. The van der Waals surface area contributed by atoms with Gasteiger partial charge in [0.15, 0.2) is 5.16 Å². The number of aromatic nitrogens is 2. The summed E-state index contributed by atoms with van der Waals surface area (Å²) in [5.74, 6) is 0. The number of hydrogen-bond donors (Lipinski definition) is 0. The number of hydrogen-bond acceptors (Lipinski definition) is 4. The molecule has 0 saturated heterocycles. The van der Waals surface area contributed by atoms with Gasteiger partial charge in [-0.2, -0.15) is 0 Å². The normalized spacial score (nSPS) is 10.1. The Morgan fingerprint density at radius 3 is 2.85 bits per heavy atom. The molecule has 13 heavy (non-hydrogen) atoms. The van der Waals surface area contributed by atoms with Gasteiger partial charge in [-0.3, -0.25) is 4.79 Å². The molecule has 3 nitrogen and oxygen atoms in total. The highest BCUT2D eigenvalue weighted by molar-refractivity contribution is 7.98. The quantitative estimate of drug-likeness (QED) is 0.441. The molecule has 0 fully saturated rings.